The van der Waals surface area contributed by atoms with Gasteiger partial charge in [-0.15, -0.1) is 0 Å². The van der Waals surface area contributed by atoms with Crippen molar-refractivity contribution >= 4 is 18.2 Å². The summed E-state index contributed by atoms with van der Waals surface area (Å²) in [6, 6.07) is 0. The Morgan fingerprint density at radius 3 is 1.42 bits per heavy atom. The van der Waals surface area contributed by atoms with E-state index in [-0.39, 0.29) is 0 Å². The minimum atomic E-state index is -1.26. The fraction of sp³-hybridized carbons (Fsp3) is 0. The van der Waals surface area contributed by atoms with Crippen molar-refractivity contribution in [1.82, 2.24) is 0 Å². The minimum absolute atomic E-state index is 0.558. The van der Waals surface area contributed by atoms with Crippen LogP contribution in [0.1, 0.15) is 0 Å². The van der Waals surface area contributed by atoms with E-state index in [0.717, 1.165) is 0 Å². The van der Waals surface area contributed by atoms with Crippen molar-refractivity contribution in [3.8, 4) is 0 Å². The van der Waals surface area contributed by atoms with Crippen molar-refractivity contribution in [2.24, 2.45) is 0 Å². The van der Waals surface area contributed by atoms with Crippen molar-refractivity contribution in [2.75, 3.05) is 0 Å². The van der Waals surface area contributed by atoms with Gasteiger partial charge in [0, 0.05) is 12.2 Å². The van der Waals surface area contributed by atoms with Gasteiger partial charge in [-0.2, -0.15) is 0 Å². The van der Waals surface area contributed by atoms with Crippen LogP contribution < -0.4 is 0 Å². The van der Waals surface area contributed by atoms with E-state index in [0.29, 0.717) is 18.4 Å². The van der Waals surface area contributed by atoms with Gasteiger partial charge >= 0.3 is 11.9 Å². The first kappa shape index (κ1) is 12.7. The van der Waals surface area contributed by atoms with Crippen LogP contribution in [0.3, 0.4) is 0 Å². The van der Waals surface area contributed by atoms with Crippen LogP contribution in [0.25, 0.3) is 0 Å². The van der Waals surface area contributed by atoms with Gasteiger partial charge in [0.25, 0.3) is 0 Å². The van der Waals surface area contributed by atoms with Gasteiger partial charge in [-0.3, -0.25) is 4.79 Å². The summed E-state index contributed by atoms with van der Waals surface area (Å²) < 4.78 is 0. The Bertz CT molecular complexity index is 182. The predicted molar refractivity (Wildman–Crippen MR) is 40.7 cm³/mol. The Balaban J connectivity index is 0. The molecule has 0 aliphatic rings. The maximum atomic E-state index is 9.55. The topological polar surface area (TPSA) is 91.7 Å². The molecule has 0 atom stereocenters. The number of allylic oxidation sites excluding steroid dienone is 1. The molecule has 0 fully saturated rings. The van der Waals surface area contributed by atoms with E-state index in [1.54, 1.807) is 0 Å². The zero-order valence-electron chi connectivity index (χ0n) is 6.14. The first-order valence-corrected chi connectivity index (χ1v) is 2.74. The molecule has 0 radical (unpaired) electrons. The molecule has 0 aromatic heterocycles. The lowest BCUT2D eigenvalue weighted by Crippen LogP contribution is -1.91. The van der Waals surface area contributed by atoms with Crippen LogP contribution in [-0.2, 0) is 14.4 Å². The largest absolute Gasteiger partial charge is 0.478 e. The lowest BCUT2D eigenvalue weighted by Gasteiger charge is -1.74. The molecular weight excluding hydrogens is 164 g/mol. The number of carboxylic acid groups (broad SMARTS) is 2. The molecular formula is C7H8O5. The number of carbonyl (C=O) groups is 3. The second-order valence-electron chi connectivity index (χ2n) is 1.38. The third-order valence-corrected chi connectivity index (χ3v) is 0.465. The molecule has 0 aliphatic carbocycles. The number of aldehydes is 1. The predicted octanol–water partition coefficient (Wildman–Crippen LogP) is 0.0831. The summed E-state index contributed by atoms with van der Waals surface area (Å²) in [5.74, 6) is -2.51. The maximum absolute atomic E-state index is 9.55. The molecule has 5 heteroatoms. The van der Waals surface area contributed by atoms with E-state index in [1.807, 2.05) is 0 Å². The molecule has 0 heterocycles. The Morgan fingerprint density at radius 1 is 1.08 bits per heavy atom. The van der Waals surface area contributed by atoms with Crippen molar-refractivity contribution in [2.45, 2.75) is 0 Å². The average molecular weight is 172 g/mol. The number of carboxylic acids is 2. The Morgan fingerprint density at radius 2 is 1.33 bits per heavy atom. The van der Waals surface area contributed by atoms with Crippen molar-refractivity contribution < 1.29 is 24.6 Å². The molecule has 0 aromatic carbocycles. The fourth-order valence-electron chi connectivity index (χ4n) is 0.143. The minimum Gasteiger partial charge on any atom is -0.478 e. The molecule has 0 aliphatic heterocycles. The van der Waals surface area contributed by atoms with Gasteiger partial charge in [-0.25, -0.2) is 9.59 Å². The summed E-state index contributed by atoms with van der Waals surface area (Å²) in [5, 5.41) is 15.6. The molecule has 12 heavy (non-hydrogen) atoms. The summed E-state index contributed by atoms with van der Waals surface area (Å²) in [6.45, 7) is 3.11. The van der Waals surface area contributed by atoms with Gasteiger partial charge in [0.2, 0.25) is 0 Å². The Labute approximate surface area is 68.6 Å². The van der Waals surface area contributed by atoms with E-state index in [9.17, 15) is 9.59 Å². The van der Waals surface area contributed by atoms with Crippen LogP contribution in [-0.4, -0.2) is 28.4 Å². The van der Waals surface area contributed by atoms with E-state index < -0.39 is 11.9 Å². The van der Waals surface area contributed by atoms with Crippen molar-refractivity contribution in [3.63, 3.8) is 0 Å². The summed E-state index contributed by atoms with van der Waals surface area (Å²) in [7, 11) is 0. The molecule has 0 saturated carbocycles. The molecule has 66 valence electrons. The first-order chi connectivity index (χ1) is 5.54. The van der Waals surface area contributed by atoms with Gasteiger partial charge in [0.1, 0.15) is 6.29 Å². The molecule has 0 rings (SSSR count). The van der Waals surface area contributed by atoms with E-state index in [4.69, 9.17) is 15.0 Å². The maximum Gasteiger partial charge on any atom is 0.328 e. The summed E-state index contributed by atoms with van der Waals surface area (Å²) in [6.07, 6.45) is 2.95. The third kappa shape index (κ3) is 24.3. The average Bonchev–Trinajstić information content (AvgIpc) is 2.01. The first-order valence-electron chi connectivity index (χ1n) is 2.74. The van der Waals surface area contributed by atoms with Gasteiger partial charge in [-0.05, 0) is 6.08 Å². The zero-order valence-corrected chi connectivity index (χ0v) is 6.14. The quantitative estimate of drug-likeness (QED) is 0.464. The monoisotopic (exact) mass is 172 g/mol. The van der Waals surface area contributed by atoms with Gasteiger partial charge < -0.3 is 10.2 Å². The summed E-state index contributed by atoms with van der Waals surface area (Å²) in [5.41, 5.74) is 0. The molecule has 0 bridgehead atoms. The molecule has 0 unspecified atom stereocenters. The van der Waals surface area contributed by atoms with E-state index >= 15 is 0 Å². The number of hydrogen-bond acceptors (Lipinski definition) is 3. The number of carbonyl (C=O) groups excluding carboxylic acids is 1. The van der Waals surface area contributed by atoms with Gasteiger partial charge in [0.15, 0.2) is 0 Å². The molecule has 0 saturated heterocycles. The highest BCUT2D eigenvalue weighted by Crippen LogP contribution is 1.70. The SMILES string of the molecule is C=CC=O.O=C(O)/C=C\C(=O)O. The molecule has 2 N–H and O–H groups in total. The fourth-order valence-corrected chi connectivity index (χ4v) is 0.143. The number of rotatable bonds is 3. The van der Waals surface area contributed by atoms with Crippen LogP contribution >= 0.6 is 0 Å². The van der Waals surface area contributed by atoms with Crippen LogP contribution in [0.15, 0.2) is 24.8 Å². The summed E-state index contributed by atoms with van der Waals surface area (Å²) in [4.78, 5) is 28.2. The highest BCUT2D eigenvalue weighted by Gasteiger charge is 1.88. The van der Waals surface area contributed by atoms with E-state index in [1.165, 1.54) is 6.08 Å². The van der Waals surface area contributed by atoms with Crippen LogP contribution in [0.5, 0.6) is 0 Å². The molecule has 5 nitrogen and oxygen atoms in total. The summed E-state index contributed by atoms with van der Waals surface area (Å²) >= 11 is 0. The molecule has 0 amide bonds. The zero-order chi connectivity index (χ0) is 9.98. The third-order valence-electron chi connectivity index (χ3n) is 0.465. The van der Waals surface area contributed by atoms with E-state index in [2.05, 4.69) is 6.58 Å². The number of hydrogen-bond donors (Lipinski definition) is 2. The highest BCUT2D eigenvalue weighted by atomic mass is 16.4. The molecule has 0 spiro atoms. The normalized spacial score (nSPS) is 8.00. The van der Waals surface area contributed by atoms with Gasteiger partial charge in [0.05, 0.1) is 0 Å². The second kappa shape index (κ2) is 9.09. The second-order valence-corrected chi connectivity index (χ2v) is 1.38. The smallest absolute Gasteiger partial charge is 0.328 e. The highest BCUT2D eigenvalue weighted by molar-refractivity contribution is 5.89. The van der Waals surface area contributed by atoms with Crippen LogP contribution in [0.4, 0.5) is 0 Å². The number of aliphatic carboxylic acids is 2. The van der Waals surface area contributed by atoms with Gasteiger partial charge in [-0.1, -0.05) is 6.58 Å². The van der Waals surface area contributed by atoms with Crippen molar-refractivity contribution in [1.29, 1.82) is 0 Å². The van der Waals surface area contributed by atoms with Crippen LogP contribution in [0, 0.1) is 0 Å². The standard InChI is InChI=1S/C4H4O4.C3H4O/c5-3(6)1-2-4(7)8;1-2-3-4/h1-2H,(H,5,6)(H,7,8);2-3H,1H2/b2-1-;. The van der Waals surface area contributed by atoms with Crippen LogP contribution in [0.2, 0.25) is 0 Å². The lowest BCUT2D eigenvalue weighted by atomic mass is 10.5. The molecule has 0 aromatic rings. The Hall–Kier alpha value is -1.91. The van der Waals surface area contributed by atoms with Crippen molar-refractivity contribution in [3.05, 3.63) is 24.8 Å². The lowest BCUT2D eigenvalue weighted by molar-refractivity contribution is -0.134. The Kier molecular flexibility index (Phi) is 9.65.